The number of carboxylic acid groups (broad SMARTS) is 1. The molecule has 1 aliphatic carbocycles. The Labute approximate surface area is 95.0 Å². The van der Waals surface area contributed by atoms with Gasteiger partial charge in [-0.25, -0.2) is 4.79 Å². The number of aromatic nitrogens is 2. The lowest BCUT2D eigenvalue weighted by atomic mass is 9.86. The van der Waals surface area contributed by atoms with Crippen molar-refractivity contribution in [2.75, 3.05) is 0 Å². The van der Waals surface area contributed by atoms with Crippen LogP contribution in [0, 0.1) is 5.92 Å². The number of aromatic carboxylic acids is 1. The monoisotopic (exact) mass is 248 g/mol. The van der Waals surface area contributed by atoms with E-state index >= 15 is 0 Å². The molecule has 0 radical (unpaired) electrons. The van der Waals surface area contributed by atoms with E-state index in [2.05, 4.69) is 5.10 Å². The Bertz CT molecular complexity index is 465. The summed E-state index contributed by atoms with van der Waals surface area (Å²) in [7, 11) is 1.55. The first-order valence-corrected chi connectivity index (χ1v) is 5.15. The molecule has 0 aliphatic heterocycles. The van der Waals surface area contributed by atoms with Crippen molar-refractivity contribution in [2.45, 2.75) is 25.4 Å². The van der Waals surface area contributed by atoms with E-state index in [1.807, 2.05) is 0 Å². The third-order valence-electron chi connectivity index (χ3n) is 3.12. The number of aryl methyl sites for hydroxylation is 1. The first-order valence-electron chi connectivity index (χ1n) is 5.15. The molecule has 0 bridgehead atoms. The minimum absolute atomic E-state index is 0.00487. The van der Waals surface area contributed by atoms with E-state index in [9.17, 15) is 18.0 Å². The average molecular weight is 248 g/mol. The summed E-state index contributed by atoms with van der Waals surface area (Å²) in [5, 5.41) is 12.6. The van der Waals surface area contributed by atoms with E-state index in [-0.39, 0.29) is 30.5 Å². The van der Waals surface area contributed by atoms with Crippen LogP contribution in [-0.2, 0) is 19.9 Å². The van der Waals surface area contributed by atoms with Crippen molar-refractivity contribution in [3.05, 3.63) is 17.0 Å². The SMILES string of the molecule is Cn1nc(C(=O)O)c2c1CC[C@H](C(F)(F)F)C2. The largest absolute Gasteiger partial charge is 0.476 e. The fraction of sp³-hybridized carbons (Fsp3) is 0.600. The van der Waals surface area contributed by atoms with Crippen LogP contribution in [0.1, 0.15) is 28.2 Å². The van der Waals surface area contributed by atoms with Crippen LogP contribution in [0.2, 0.25) is 0 Å². The summed E-state index contributed by atoms with van der Waals surface area (Å²) in [6.45, 7) is 0. The molecule has 1 N–H and O–H groups in total. The zero-order valence-electron chi connectivity index (χ0n) is 9.08. The minimum atomic E-state index is -4.27. The van der Waals surface area contributed by atoms with Gasteiger partial charge in [0.1, 0.15) is 0 Å². The predicted octanol–water partition coefficient (Wildman–Crippen LogP) is 1.79. The van der Waals surface area contributed by atoms with Gasteiger partial charge in [0.2, 0.25) is 0 Å². The number of halogens is 3. The number of hydrogen-bond donors (Lipinski definition) is 1. The van der Waals surface area contributed by atoms with Gasteiger partial charge in [0, 0.05) is 18.3 Å². The highest BCUT2D eigenvalue weighted by atomic mass is 19.4. The van der Waals surface area contributed by atoms with E-state index in [4.69, 9.17) is 5.11 Å². The fourth-order valence-electron chi connectivity index (χ4n) is 2.24. The summed E-state index contributed by atoms with van der Waals surface area (Å²) in [4.78, 5) is 10.9. The minimum Gasteiger partial charge on any atom is -0.476 e. The van der Waals surface area contributed by atoms with Gasteiger partial charge < -0.3 is 5.11 Å². The number of carboxylic acids is 1. The lowest BCUT2D eigenvalue weighted by Gasteiger charge is -2.24. The number of alkyl halides is 3. The number of carbonyl (C=O) groups is 1. The summed E-state index contributed by atoms with van der Waals surface area (Å²) in [6, 6.07) is 0. The molecule has 7 heteroatoms. The summed E-state index contributed by atoms with van der Waals surface area (Å²) in [6.07, 6.45) is -4.34. The molecule has 17 heavy (non-hydrogen) atoms. The summed E-state index contributed by atoms with van der Waals surface area (Å²) >= 11 is 0. The molecule has 0 unspecified atom stereocenters. The van der Waals surface area contributed by atoms with E-state index in [1.54, 1.807) is 7.05 Å². The van der Waals surface area contributed by atoms with Crippen molar-refractivity contribution in [3.8, 4) is 0 Å². The van der Waals surface area contributed by atoms with Crippen LogP contribution in [0.15, 0.2) is 0 Å². The summed E-state index contributed by atoms with van der Waals surface area (Å²) in [5.74, 6) is -2.73. The normalized spacial score (nSPS) is 20.1. The smallest absolute Gasteiger partial charge is 0.392 e. The molecule has 0 amide bonds. The van der Waals surface area contributed by atoms with E-state index in [0.717, 1.165) is 0 Å². The molecule has 1 heterocycles. The van der Waals surface area contributed by atoms with Gasteiger partial charge in [-0.2, -0.15) is 18.3 Å². The third kappa shape index (κ3) is 2.01. The number of fused-ring (bicyclic) bond motifs is 1. The van der Waals surface area contributed by atoms with Crippen LogP contribution in [0.4, 0.5) is 13.2 Å². The second-order valence-electron chi connectivity index (χ2n) is 4.18. The van der Waals surface area contributed by atoms with Gasteiger partial charge in [0.05, 0.1) is 5.92 Å². The zero-order chi connectivity index (χ0) is 12.8. The molecule has 2 rings (SSSR count). The quantitative estimate of drug-likeness (QED) is 0.824. The molecule has 0 aromatic carbocycles. The first-order chi connectivity index (χ1) is 7.80. The number of nitrogens with zero attached hydrogens (tertiary/aromatic N) is 2. The van der Waals surface area contributed by atoms with Crippen molar-refractivity contribution >= 4 is 5.97 Å². The summed E-state index contributed by atoms with van der Waals surface area (Å²) < 4.78 is 39.2. The lowest BCUT2D eigenvalue weighted by Crippen LogP contribution is -2.29. The Morgan fingerprint density at radius 1 is 1.53 bits per heavy atom. The maximum absolute atomic E-state index is 12.6. The fourth-order valence-corrected chi connectivity index (χ4v) is 2.24. The van der Waals surface area contributed by atoms with Crippen molar-refractivity contribution < 1.29 is 23.1 Å². The molecule has 0 saturated heterocycles. The molecular formula is C10H11F3N2O2. The Hall–Kier alpha value is -1.53. The topological polar surface area (TPSA) is 55.1 Å². The van der Waals surface area contributed by atoms with E-state index < -0.39 is 18.1 Å². The van der Waals surface area contributed by atoms with Crippen LogP contribution in [0.25, 0.3) is 0 Å². The van der Waals surface area contributed by atoms with E-state index in [1.165, 1.54) is 4.68 Å². The molecule has 0 fully saturated rings. The van der Waals surface area contributed by atoms with Crippen LogP contribution < -0.4 is 0 Å². The van der Waals surface area contributed by atoms with Crippen molar-refractivity contribution in [3.63, 3.8) is 0 Å². The van der Waals surface area contributed by atoms with Crippen molar-refractivity contribution in [1.29, 1.82) is 0 Å². The molecule has 1 atom stereocenters. The Morgan fingerprint density at radius 3 is 2.71 bits per heavy atom. The predicted molar refractivity (Wildman–Crippen MR) is 51.7 cm³/mol. The molecule has 0 spiro atoms. The Morgan fingerprint density at radius 2 is 2.18 bits per heavy atom. The summed E-state index contributed by atoms with van der Waals surface area (Å²) in [5.41, 5.74) is 0.577. The molecule has 1 aromatic rings. The molecule has 94 valence electrons. The second kappa shape index (κ2) is 3.75. The van der Waals surface area contributed by atoms with Crippen LogP contribution in [-0.4, -0.2) is 27.0 Å². The first kappa shape index (κ1) is 11.9. The molecular weight excluding hydrogens is 237 g/mol. The Kier molecular flexibility index (Phi) is 2.63. The zero-order valence-corrected chi connectivity index (χ0v) is 9.08. The maximum atomic E-state index is 12.6. The van der Waals surface area contributed by atoms with Gasteiger partial charge in [-0.3, -0.25) is 4.68 Å². The van der Waals surface area contributed by atoms with Crippen LogP contribution in [0.5, 0.6) is 0 Å². The van der Waals surface area contributed by atoms with Gasteiger partial charge >= 0.3 is 12.1 Å². The molecule has 1 aliphatic rings. The molecule has 1 aromatic heterocycles. The van der Waals surface area contributed by atoms with E-state index in [0.29, 0.717) is 5.69 Å². The number of hydrogen-bond acceptors (Lipinski definition) is 2. The average Bonchev–Trinajstić information content (AvgIpc) is 2.54. The third-order valence-corrected chi connectivity index (χ3v) is 3.12. The highest BCUT2D eigenvalue weighted by Gasteiger charge is 2.43. The molecule has 4 nitrogen and oxygen atoms in total. The van der Waals surface area contributed by atoms with Crippen LogP contribution in [0.3, 0.4) is 0 Å². The van der Waals surface area contributed by atoms with Crippen LogP contribution >= 0.6 is 0 Å². The number of rotatable bonds is 1. The Balaban J connectivity index is 2.39. The standard InChI is InChI=1S/C10H11F3N2O2/c1-15-7-3-2-5(10(11,12)13)4-6(7)8(14-15)9(16)17/h5H,2-4H2,1H3,(H,16,17)/t5-/m0/s1. The highest BCUT2D eigenvalue weighted by Crippen LogP contribution is 2.37. The highest BCUT2D eigenvalue weighted by molar-refractivity contribution is 5.87. The molecule has 0 saturated carbocycles. The van der Waals surface area contributed by atoms with Crippen molar-refractivity contribution in [1.82, 2.24) is 9.78 Å². The lowest BCUT2D eigenvalue weighted by molar-refractivity contribution is -0.177. The van der Waals surface area contributed by atoms with Gasteiger partial charge in [-0.15, -0.1) is 0 Å². The van der Waals surface area contributed by atoms with Gasteiger partial charge in [-0.1, -0.05) is 0 Å². The van der Waals surface area contributed by atoms with Crippen molar-refractivity contribution in [2.24, 2.45) is 13.0 Å². The second-order valence-corrected chi connectivity index (χ2v) is 4.18. The maximum Gasteiger partial charge on any atom is 0.392 e. The van der Waals surface area contributed by atoms with Gasteiger partial charge in [-0.05, 0) is 19.3 Å². The van der Waals surface area contributed by atoms with Gasteiger partial charge in [0.25, 0.3) is 0 Å². The van der Waals surface area contributed by atoms with Gasteiger partial charge in [0.15, 0.2) is 5.69 Å².